The van der Waals surface area contributed by atoms with Crippen molar-refractivity contribution in [2.45, 2.75) is 24.3 Å². The van der Waals surface area contributed by atoms with E-state index in [1.165, 1.54) is 10.5 Å². The van der Waals surface area contributed by atoms with Gasteiger partial charge in [0.1, 0.15) is 5.58 Å². The number of carbonyl (C=O) groups is 1. The van der Waals surface area contributed by atoms with E-state index in [4.69, 9.17) is 4.42 Å². The van der Waals surface area contributed by atoms with Crippen molar-refractivity contribution >= 4 is 28.6 Å². The van der Waals surface area contributed by atoms with Crippen molar-refractivity contribution in [2.75, 3.05) is 5.75 Å². The van der Waals surface area contributed by atoms with Crippen LogP contribution in [0.4, 0.5) is 0 Å². The Hall–Kier alpha value is -2.20. The summed E-state index contributed by atoms with van der Waals surface area (Å²) >= 11 is 1.85. The van der Waals surface area contributed by atoms with E-state index in [1.807, 2.05) is 55.1 Å². The number of nitrogens with one attached hydrogen (secondary N) is 1. The summed E-state index contributed by atoms with van der Waals surface area (Å²) in [6.45, 7) is 1.94. The zero-order chi connectivity index (χ0) is 15.8. The molecule has 116 valence electrons. The highest BCUT2D eigenvalue weighted by Crippen LogP contribution is 2.36. The maximum absolute atomic E-state index is 12.7. The Labute approximate surface area is 139 Å². The first kappa shape index (κ1) is 14.4. The lowest BCUT2D eigenvalue weighted by Crippen LogP contribution is -2.30. The van der Waals surface area contributed by atoms with Gasteiger partial charge < -0.3 is 9.73 Å². The molecule has 0 bridgehead atoms. The van der Waals surface area contributed by atoms with E-state index in [0.29, 0.717) is 5.76 Å². The zero-order valence-electron chi connectivity index (χ0n) is 12.8. The molecule has 4 rings (SSSR count). The number of hydrogen-bond acceptors (Lipinski definition) is 3. The number of rotatable bonds is 2. The van der Waals surface area contributed by atoms with E-state index in [9.17, 15) is 4.79 Å². The number of carbonyl (C=O) groups excluding carboxylic acids is 1. The second-order valence-electron chi connectivity index (χ2n) is 5.75. The van der Waals surface area contributed by atoms with Crippen LogP contribution in [0.1, 0.15) is 34.1 Å². The maximum atomic E-state index is 12.7. The summed E-state index contributed by atoms with van der Waals surface area (Å²) in [7, 11) is 0. The van der Waals surface area contributed by atoms with Crippen LogP contribution in [-0.4, -0.2) is 11.7 Å². The molecule has 1 atom stereocenters. The summed E-state index contributed by atoms with van der Waals surface area (Å²) in [5.41, 5.74) is 2.86. The minimum Gasteiger partial charge on any atom is -0.451 e. The number of aryl methyl sites for hydroxylation is 1. The van der Waals surface area contributed by atoms with Crippen molar-refractivity contribution in [1.82, 2.24) is 5.32 Å². The van der Waals surface area contributed by atoms with E-state index in [2.05, 4.69) is 17.4 Å². The standard InChI is InChI=1S/C19H17NO2S/c1-12-13-6-2-4-8-16(13)22-18(12)19(21)20-15-10-11-23-17-9-5-3-7-14(15)17/h2-9,15H,10-11H2,1H3,(H,20,21). The second kappa shape index (κ2) is 5.78. The number of fused-ring (bicyclic) bond motifs is 2. The van der Waals surface area contributed by atoms with E-state index >= 15 is 0 Å². The molecule has 1 unspecified atom stereocenters. The Morgan fingerprint density at radius 3 is 2.83 bits per heavy atom. The summed E-state index contributed by atoms with van der Waals surface area (Å²) in [5, 5.41) is 4.14. The molecule has 4 heteroatoms. The van der Waals surface area contributed by atoms with E-state index in [1.54, 1.807) is 0 Å². The summed E-state index contributed by atoms with van der Waals surface area (Å²) < 4.78 is 5.77. The predicted octanol–water partition coefficient (Wildman–Crippen LogP) is 4.71. The summed E-state index contributed by atoms with van der Waals surface area (Å²) in [6, 6.07) is 16.1. The molecule has 3 aromatic rings. The molecule has 0 saturated carbocycles. The van der Waals surface area contributed by atoms with Gasteiger partial charge in [-0.05, 0) is 31.0 Å². The highest BCUT2D eigenvalue weighted by atomic mass is 32.2. The lowest BCUT2D eigenvalue weighted by atomic mass is 10.0. The fourth-order valence-corrected chi connectivity index (χ4v) is 4.23. The minimum atomic E-state index is -0.134. The van der Waals surface area contributed by atoms with Gasteiger partial charge in [-0.2, -0.15) is 0 Å². The molecule has 2 aromatic carbocycles. The number of furan rings is 1. The molecule has 0 aliphatic carbocycles. The third-order valence-electron chi connectivity index (χ3n) is 4.31. The van der Waals surface area contributed by atoms with Crippen LogP contribution in [0, 0.1) is 6.92 Å². The molecule has 0 spiro atoms. The van der Waals surface area contributed by atoms with Crippen LogP contribution < -0.4 is 5.32 Å². The van der Waals surface area contributed by atoms with Gasteiger partial charge in [0.25, 0.3) is 5.91 Å². The zero-order valence-corrected chi connectivity index (χ0v) is 13.7. The average Bonchev–Trinajstić information content (AvgIpc) is 2.93. The highest BCUT2D eigenvalue weighted by molar-refractivity contribution is 7.99. The molecule has 1 amide bonds. The van der Waals surface area contributed by atoms with Gasteiger partial charge >= 0.3 is 0 Å². The summed E-state index contributed by atoms with van der Waals surface area (Å²) in [6.07, 6.45) is 0.937. The second-order valence-corrected chi connectivity index (χ2v) is 6.89. The normalized spacial score (nSPS) is 17.0. The van der Waals surface area contributed by atoms with Crippen molar-refractivity contribution in [1.29, 1.82) is 0 Å². The van der Waals surface area contributed by atoms with Gasteiger partial charge in [0, 0.05) is 21.6 Å². The average molecular weight is 323 g/mol. The Kier molecular flexibility index (Phi) is 3.62. The molecule has 1 aliphatic heterocycles. The number of para-hydroxylation sites is 1. The van der Waals surface area contributed by atoms with Crippen LogP contribution in [0.3, 0.4) is 0 Å². The van der Waals surface area contributed by atoms with Gasteiger partial charge in [-0.1, -0.05) is 36.4 Å². The lowest BCUT2D eigenvalue weighted by Gasteiger charge is -2.25. The van der Waals surface area contributed by atoms with Gasteiger partial charge in [0.05, 0.1) is 6.04 Å². The SMILES string of the molecule is Cc1c(C(=O)NC2CCSc3ccccc32)oc2ccccc12. The van der Waals surface area contributed by atoms with Crippen LogP contribution in [-0.2, 0) is 0 Å². The van der Waals surface area contributed by atoms with Crippen molar-refractivity contribution in [3.05, 3.63) is 65.4 Å². The predicted molar refractivity (Wildman–Crippen MR) is 92.9 cm³/mol. The van der Waals surface area contributed by atoms with E-state index in [-0.39, 0.29) is 11.9 Å². The van der Waals surface area contributed by atoms with Gasteiger partial charge in [-0.15, -0.1) is 11.8 Å². The van der Waals surface area contributed by atoms with Crippen LogP contribution in [0.2, 0.25) is 0 Å². The van der Waals surface area contributed by atoms with Gasteiger partial charge in [0.2, 0.25) is 0 Å². The van der Waals surface area contributed by atoms with Crippen LogP contribution in [0.25, 0.3) is 11.0 Å². The van der Waals surface area contributed by atoms with Crippen LogP contribution in [0.15, 0.2) is 57.8 Å². The Morgan fingerprint density at radius 2 is 1.96 bits per heavy atom. The van der Waals surface area contributed by atoms with Gasteiger partial charge in [-0.3, -0.25) is 4.79 Å². The van der Waals surface area contributed by atoms with E-state index < -0.39 is 0 Å². The fraction of sp³-hybridized carbons (Fsp3) is 0.211. The Bertz CT molecular complexity index is 884. The smallest absolute Gasteiger partial charge is 0.287 e. The Balaban J connectivity index is 1.64. The number of thioether (sulfide) groups is 1. The molecule has 0 radical (unpaired) electrons. The van der Waals surface area contributed by atoms with E-state index in [0.717, 1.165) is 28.7 Å². The maximum Gasteiger partial charge on any atom is 0.287 e. The number of amides is 1. The highest BCUT2D eigenvalue weighted by Gasteiger charge is 2.25. The third-order valence-corrected chi connectivity index (χ3v) is 5.44. The molecule has 1 N–H and O–H groups in total. The molecule has 23 heavy (non-hydrogen) atoms. The molecule has 0 saturated heterocycles. The molecule has 3 nitrogen and oxygen atoms in total. The van der Waals surface area contributed by atoms with Gasteiger partial charge in [-0.25, -0.2) is 0 Å². The molecule has 1 aliphatic rings. The minimum absolute atomic E-state index is 0.0487. The molecule has 2 heterocycles. The Morgan fingerprint density at radius 1 is 1.17 bits per heavy atom. The van der Waals surface area contributed by atoms with Crippen molar-refractivity contribution in [3.8, 4) is 0 Å². The largest absolute Gasteiger partial charge is 0.451 e. The van der Waals surface area contributed by atoms with Crippen molar-refractivity contribution in [3.63, 3.8) is 0 Å². The molecule has 0 fully saturated rings. The van der Waals surface area contributed by atoms with Crippen molar-refractivity contribution in [2.24, 2.45) is 0 Å². The number of hydrogen-bond donors (Lipinski definition) is 1. The molecular weight excluding hydrogens is 306 g/mol. The summed E-state index contributed by atoms with van der Waals surface area (Å²) in [4.78, 5) is 14.0. The monoisotopic (exact) mass is 323 g/mol. The van der Waals surface area contributed by atoms with Crippen LogP contribution in [0.5, 0.6) is 0 Å². The summed E-state index contributed by atoms with van der Waals surface area (Å²) in [5.74, 6) is 1.30. The van der Waals surface area contributed by atoms with Crippen LogP contribution >= 0.6 is 11.8 Å². The van der Waals surface area contributed by atoms with Crippen molar-refractivity contribution < 1.29 is 9.21 Å². The third kappa shape index (κ3) is 2.53. The fourth-order valence-electron chi connectivity index (χ4n) is 3.11. The first-order valence-electron chi connectivity index (χ1n) is 7.75. The first-order valence-corrected chi connectivity index (χ1v) is 8.73. The quantitative estimate of drug-likeness (QED) is 0.743. The first-order chi connectivity index (χ1) is 11.2. The van der Waals surface area contributed by atoms with Gasteiger partial charge in [0.15, 0.2) is 5.76 Å². The number of benzene rings is 2. The molecule has 1 aromatic heterocycles. The molecular formula is C19H17NO2S. The lowest BCUT2D eigenvalue weighted by molar-refractivity contribution is 0.0908. The topological polar surface area (TPSA) is 42.2 Å².